The number of carbonyl (C=O) groups excluding carboxylic acids is 2. The van der Waals surface area contributed by atoms with Crippen molar-refractivity contribution in [1.29, 1.82) is 0 Å². The molecule has 3 heterocycles. The van der Waals surface area contributed by atoms with Gasteiger partial charge in [0.25, 0.3) is 0 Å². The number of rotatable bonds is 7. The molecular weight excluding hydrogens is 754 g/mol. The summed E-state index contributed by atoms with van der Waals surface area (Å²) in [6, 6.07) is -1.67. The van der Waals surface area contributed by atoms with Gasteiger partial charge in [0.2, 0.25) is 0 Å². The molecule has 0 saturated carbocycles. The Morgan fingerprint density at radius 2 is 1.59 bits per heavy atom. The topological polar surface area (TPSA) is 209 Å². The Bertz CT molecular complexity index is 1350. The van der Waals surface area contributed by atoms with Gasteiger partial charge in [0, 0.05) is 44.6 Å². The highest BCUT2D eigenvalue weighted by molar-refractivity contribution is 5.75. The number of amides is 2. The van der Waals surface area contributed by atoms with Crippen molar-refractivity contribution in [3.05, 3.63) is 0 Å². The van der Waals surface area contributed by atoms with E-state index in [1.54, 1.807) is 55.5 Å². The Kier molecular flexibility index (Phi) is 17.1. The molecule has 16 heteroatoms. The fourth-order valence-electron chi connectivity index (χ4n) is 9.17. The van der Waals surface area contributed by atoms with Crippen molar-refractivity contribution in [2.45, 2.75) is 212 Å². The molecule has 18 atom stereocenters. The van der Waals surface area contributed by atoms with Gasteiger partial charge >= 0.3 is 12.0 Å². The average molecular weight is 834 g/mol. The van der Waals surface area contributed by atoms with Crippen molar-refractivity contribution in [3.8, 4) is 0 Å². The number of ether oxygens (including phenoxy) is 6. The maximum Gasteiger partial charge on any atom is 0.317 e. The fraction of sp³-hybridized carbons (Fsp3) is 0.952. The van der Waals surface area contributed by atoms with Crippen molar-refractivity contribution in [2.75, 3.05) is 27.7 Å². The van der Waals surface area contributed by atoms with Crippen LogP contribution in [0.2, 0.25) is 0 Å². The Hall–Kier alpha value is -1.70. The van der Waals surface area contributed by atoms with Gasteiger partial charge in [-0.15, -0.1) is 0 Å². The van der Waals surface area contributed by atoms with Gasteiger partial charge in [-0.05, 0) is 101 Å². The van der Waals surface area contributed by atoms with Crippen molar-refractivity contribution in [1.82, 2.24) is 15.1 Å². The Morgan fingerprint density at radius 3 is 2.14 bits per heavy atom. The number of hydrogen-bond acceptors (Lipinski definition) is 14. The summed E-state index contributed by atoms with van der Waals surface area (Å²) in [5.74, 6) is -2.85. The molecule has 3 aliphatic rings. The minimum absolute atomic E-state index is 0.0915. The summed E-state index contributed by atoms with van der Waals surface area (Å²) in [5, 5.41) is 61.8. The van der Waals surface area contributed by atoms with E-state index in [0.717, 1.165) is 0 Å². The maximum atomic E-state index is 14.3. The maximum absolute atomic E-state index is 14.3. The highest BCUT2D eigenvalue weighted by Crippen LogP contribution is 2.40. The molecule has 0 aromatic carbocycles. The minimum atomic E-state index is -1.84. The number of aliphatic hydroxyl groups is 5. The van der Waals surface area contributed by atoms with Crippen LogP contribution in [-0.4, -0.2) is 171 Å². The number of cyclic esters (lactones) is 1. The van der Waals surface area contributed by atoms with Gasteiger partial charge in [0.15, 0.2) is 12.6 Å². The van der Waals surface area contributed by atoms with E-state index < -0.39 is 114 Å². The van der Waals surface area contributed by atoms with Gasteiger partial charge < -0.3 is 69.1 Å². The van der Waals surface area contributed by atoms with Crippen molar-refractivity contribution < 1.29 is 63.5 Å². The lowest BCUT2D eigenvalue weighted by atomic mass is 9.77. The highest BCUT2D eigenvalue weighted by atomic mass is 16.7. The zero-order chi connectivity index (χ0) is 44.5. The Balaban J connectivity index is 2.18. The standard InChI is InChI=1S/C42H79N3O13/c1-17-29-42(13,52)33(47)26(6)44(14)21-22(2)19-40(11,51)35(58-37-31(46)28(18-23(3)54-37)45(15)38(50)43-39(8,9)10)24(4)32(25(5)36(49)56-29)57-30-20-41(12,53-16)34(48)27(7)55-30/h22-35,37,46-48,51-52H,17-21H2,1-16H3,(H,43,50)/t22-,23-,24+,25-,26-,27+,28+,29-,30+,31-,32+,33-,34+,35-,37+,40-,41-,42-/m1/s1. The Labute approximate surface area is 347 Å². The van der Waals surface area contributed by atoms with Crippen LogP contribution < -0.4 is 5.32 Å². The van der Waals surface area contributed by atoms with Crippen LogP contribution in [0.3, 0.4) is 0 Å². The van der Waals surface area contributed by atoms with Gasteiger partial charge in [-0.2, -0.15) is 0 Å². The molecule has 0 unspecified atom stereocenters. The number of carbonyl (C=O) groups is 2. The van der Waals surface area contributed by atoms with Crippen LogP contribution in [0.15, 0.2) is 0 Å². The quantitative estimate of drug-likeness (QED) is 0.204. The number of likely N-dealkylation sites (N-methyl/N-ethyl adjacent to an activating group) is 2. The molecule has 0 spiro atoms. The summed E-state index contributed by atoms with van der Waals surface area (Å²) in [4.78, 5) is 31.0. The number of esters is 1. The normalized spacial score (nSPS) is 45.7. The summed E-state index contributed by atoms with van der Waals surface area (Å²) < 4.78 is 37.7. The average Bonchev–Trinajstić information content (AvgIpc) is 3.11. The summed E-state index contributed by atoms with van der Waals surface area (Å²) >= 11 is 0. The first kappa shape index (κ1) is 50.7. The second-order valence-corrected chi connectivity index (χ2v) is 19.5. The van der Waals surface area contributed by atoms with E-state index in [4.69, 9.17) is 28.4 Å². The molecule has 3 rings (SSSR count). The molecule has 0 radical (unpaired) electrons. The van der Waals surface area contributed by atoms with E-state index in [1.165, 1.54) is 18.9 Å². The van der Waals surface area contributed by atoms with Gasteiger partial charge in [0.1, 0.15) is 30.0 Å². The molecule has 3 aliphatic heterocycles. The van der Waals surface area contributed by atoms with E-state index in [-0.39, 0.29) is 31.2 Å². The lowest BCUT2D eigenvalue weighted by Gasteiger charge is -2.49. The minimum Gasteiger partial charge on any atom is -0.459 e. The first-order valence-electron chi connectivity index (χ1n) is 21.1. The van der Waals surface area contributed by atoms with Crippen LogP contribution >= 0.6 is 0 Å². The molecular formula is C42H79N3O13. The number of nitrogens with one attached hydrogen (secondary N) is 1. The number of hydrogen-bond donors (Lipinski definition) is 6. The predicted molar refractivity (Wildman–Crippen MR) is 217 cm³/mol. The van der Waals surface area contributed by atoms with Crippen LogP contribution in [-0.2, 0) is 33.2 Å². The second-order valence-electron chi connectivity index (χ2n) is 19.5. The molecule has 0 aromatic rings. The SMILES string of the molecule is CC[C@H]1OC(=O)[C@H](C)[C@@H](O[C@H]2C[C@@](C)(OC)[C@@H](O)[C@H](C)O2)[C@H](C)[C@@H](O[C@@H]2O[C@H](C)C[C@H](N(C)C(=O)NC(C)(C)C)[C@H]2O)[C@](C)(O)C[C@@H](C)CN(C)[C@H](C)[C@@H](O)[C@]1(C)O. The number of methoxy groups -OCH3 is 1. The summed E-state index contributed by atoms with van der Waals surface area (Å²) in [6.45, 7) is 23.3. The van der Waals surface area contributed by atoms with Gasteiger partial charge in [-0.3, -0.25) is 4.79 Å². The largest absolute Gasteiger partial charge is 0.459 e. The van der Waals surface area contributed by atoms with Crippen molar-refractivity contribution >= 4 is 12.0 Å². The van der Waals surface area contributed by atoms with E-state index >= 15 is 0 Å². The van der Waals surface area contributed by atoms with E-state index in [2.05, 4.69) is 5.32 Å². The third-order valence-corrected chi connectivity index (χ3v) is 12.8. The smallest absolute Gasteiger partial charge is 0.317 e. The summed E-state index contributed by atoms with van der Waals surface area (Å²) in [5.41, 5.74) is -5.08. The Morgan fingerprint density at radius 1 is 0.983 bits per heavy atom. The third-order valence-electron chi connectivity index (χ3n) is 12.8. The first-order chi connectivity index (χ1) is 26.5. The van der Waals surface area contributed by atoms with Crippen LogP contribution in [0.4, 0.5) is 4.79 Å². The molecule has 0 aromatic heterocycles. The molecule has 6 N–H and O–H groups in total. The molecule has 0 aliphatic carbocycles. The zero-order valence-electron chi connectivity index (χ0n) is 38.1. The molecule has 2 amide bonds. The van der Waals surface area contributed by atoms with E-state index in [0.29, 0.717) is 13.0 Å². The van der Waals surface area contributed by atoms with Gasteiger partial charge in [-0.1, -0.05) is 20.8 Å². The predicted octanol–water partition coefficient (Wildman–Crippen LogP) is 2.78. The van der Waals surface area contributed by atoms with Crippen LogP contribution in [0.1, 0.15) is 116 Å². The molecule has 3 fully saturated rings. The third kappa shape index (κ3) is 11.8. The number of aliphatic hydroxyl groups excluding tert-OH is 3. The monoisotopic (exact) mass is 834 g/mol. The van der Waals surface area contributed by atoms with Crippen LogP contribution in [0.25, 0.3) is 0 Å². The van der Waals surface area contributed by atoms with E-state index in [1.807, 2.05) is 46.6 Å². The number of nitrogens with zero attached hydrogens (tertiary/aromatic N) is 2. The van der Waals surface area contributed by atoms with E-state index in [9.17, 15) is 35.1 Å². The van der Waals surface area contributed by atoms with Crippen LogP contribution in [0.5, 0.6) is 0 Å². The lowest BCUT2D eigenvalue weighted by Crippen LogP contribution is -2.62. The summed E-state index contributed by atoms with van der Waals surface area (Å²) in [6.07, 6.45) is -9.70. The lowest BCUT2D eigenvalue weighted by molar-refractivity contribution is -0.317. The molecule has 0 bridgehead atoms. The first-order valence-corrected chi connectivity index (χ1v) is 21.1. The van der Waals surface area contributed by atoms with Gasteiger partial charge in [-0.25, -0.2) is 4.79 Å². The molecule has 340 valence electrons. The molecule has 3 saturated heterocycles. The summed E-state index contributed by atoms with van der Waals surface area (Å²) in [7, 11) is 4.92. The van der Waals surface area contributed by atoms with Crippen molar-refractivity contribution in [2.24, 2.45) is 17.8 Å². The number of urea groups is 1. The van der Waals surface area contributed by atoms with Crippen LogP contribution in [0, 0.1) is 17.8 Å². The molecule has 16 nitrogen and oxygen atoms in total. The van der Waals surface area contributed by atoms with Gasteiger partial charge in [0.05, 0.1) is 47.6 Å². The zero-order valence-corrected chi connectivity index (χ0v) is 38.1. The second kappa shape index (κ2) is 19.6. The highest BCUT2D eigenvalue weighted by Gasteiger charge is 2.53. The fourth-order valence-corrected chi connectivity index (χ4v) is 9.17. The molecule has 58 heavy (non-hydrogen) atoms. The van der Waals surface area contributed by atoms with Crippen molar-refractivity contribution in [3.63, 3.8) is 0 Å².